The highest BCUT2D eigenvalue weighted by Gasteiger charge is 2.18. The van der Waals surface area contributed by atoms with Crippen molar-refractivity contribution < 1.29 is 4.74 Å². The molecule has 1 aromatic rings. The topological polar surface area (TPSA) is 60.0 Å². The first kappa shape index (κ1) is 11.6. The summed E-state index contributed by atoms with van der Waals surface area (Å²) in [6, 6.07) is 7.93. The van der Waals surface area contributed by atoms with E-state index in [0.717, 1.165) is 23.4 Å². The van der Waals surface area contributed by atoms with E-state index in [1.807, 2.05) is 31.2 Å². The van der Waals surface area contributed by atoms with Crippen LogP contribution in [0.4, 0.5) is 0 Å². The third-order valence-electron chi connectivity index (χ3n) is 2.73. The average Bonchev–Trinajstić information content (AvgIpc) is 2.31. The summed E-state index contributed by atoms with van der Waals surface area (Å²) in [6.07, 6.45) is 0.770. The van der Waals surface area contributed by atoms with Gasteiger partial charge < -0.3 is 10.5 Å². The van der Waals surface area contributed by atoms with E-state index in [4.69, 9.17) is 10.5 Å². The molecule has 0 bridgehead atoms. The highest BCUT2D eigenvalue weighted by Crippen LogP contribution is 2.19. The predicted molar refractivity (Wildman–Crippen MR) is 69.6 cm³/mol. The number of nitrogens with zero attached hydrogens (tertiary/aromatic N) is 2. The molecule has 4 nitrogen and oxygen atoms in total. The monoisotopic (exact) mass is 231 g/mol. The fourth-order valence-corrected chi connectivity index (χ4v) is 1.90. The van der Waals surface area contributed by atoms with Gasteiger partial charge in [-0.3, -0.25) is 0 Å². The molecule has 0 fully saturated rings. The van der Waals surface area contributed by atoms with Crippen molar-refractivity contribution in [2.75, 3.05) is 6.61 Å². The molecule has 0 saturated carbocycles. The molecule has 0 spiro atoms. The van der Waals surface area contributed by atoms with E-state index in [1.165, 1.54) is 0 Å². The van der Waals surface area contributed by atoms with E-state index in [2.05, 4.69) is 17.1 Å². The molecule has 1 atom stereocenters. The van der Waals surface area contributed by atoms with Crippen LogP contribution in [0.15, 0.2) is 34.5 Å². The van der Waals surface area contributed by atoms with Gasteiger partial charge in [0.05, 0.1) is 12.3 Å². The number of ether oxygens (including phenoxy) is 1. The van der Waals surface area contributed by atoms with Gasteiger partial charge in [0.2, 0.25) is 0 Å². The van der Waals surface area contributed by atoms with E-state index < -0.39 is 0 Å². The zero-order chi connectivity index (χ0) is 12.3. The third-order valence-corrected chi connectivity index (χ3v) is 2.73. The van der Waals surface area contributed by atoms with Gasteiger partial charge in [-0.15, -0.1) is 5.10 Å². The quantitative estimate of drug-likeness (QED) is 0.866. The molecule has 2 rings (SSSR count). The Morgan fingerprint density at radius 3 is 2.59 bits per heavy atom. The molecular formula is C13H17N3O. The number of benzene rings is 1. The largest absolute Gasteiger partial charge is 0.494 e. The van der Waals surface area contributed by atoms with Crippen molar-refractivity contribution in [2.45, 2.75) is 20.3 Å². The van der Waals surface area contributed by atoms with E-state index >= 15 is 0 Å². The molecule has 0 radical (unpaired) electrons. The molecular weight excluding hydrogens is 214 g/mol. The van der Waals surface area contributed by atoms with Crippen LogP contribution in [0.3, 0.4) is 0 Å². The van der Waals surface area contributed by atoms with Crippen LogP contribution < -0.4 is 10.5 Å². The maximum absolute atomic E-state index is 5.65. The second-order valence-electron chi connectivity index (χ2n) is 4.14. The summed E-state index contributed by atoms with van der Waals surface area (Å²) in [5, 5.41) is 8.12. The first-order chi connectivity index (χ1) is 8.20. The molecule has 0 aromatic heterocycles. The minimum atomic E-state index is 0.311. The number of amidine groups is 1. The number of rotatable bonds is 3. The van der Waals surface area contributed by atoms with Crippen LogP contribution in [0.5, 0.6) is 5.75 Å². The molecule has 0 aliphatic carbocycles. The van der Waals surface area contributed by atoms with Crippen molar-refractivity contribution in [1.82, 2.24) is 0 Å². The predicted octanol–water partition coefficient (Wildman–Crippen LogP) is 2.19. The Bertz CT molecular complexity index is 448. The van der Waals surface area contributed by atoms with Crippen LogP contribution in [0.25, 0.3) is 0 Å². The lowest BCUT2D eigenvalue weighted by atomic mass is 9.94. The van der Waals surface area contributed by atoms with Gasteiger partial charge in [-0.2, -0.15) is 5.10 Å². The van der Waals surface area contributed by atoms with Crippen molar-refractivity contribution in [3.05, 3.63) is 29.8 Å². The van der Waals surface area contributed by atoms with Crippen molar-refractivity contribution in [1.29, 1.82) is 0 Å². The fraction of sp³-hybridized carbons (Fsp3) is 0.385. The van der Waals surface area contributed by atoms with E-state index in [1.54, 1.807) is 0 Å². The lowest BCUT2D eigenvalue weighted by molar-refractivity contribution is 0.340. The molecule has 90 valence electrons. The molecule has 0 amide bonds. The molecule has 17 heavy (non-hydrogen) atoms. The van der Waals surface area contributed by atoms with Gasteiger partial charge in [0.1, 0.15) is 11.6 Å². The van der Waals surface area contributed by atoms with Crippen LogP contribution >= 0.6 is 0 Å². The Balaban J connectivity index is 2.22. The Morgan fingerprint density at radius 2 is 2.00 bits per heavy atom. The Morgan fingerprint density at radius 1 is 1.29 bits per heavy atom. The Hall–Kier alpha value is -1.84. The smallest absolute Gasteiger partial charge is 0.123 e. The summed E-state index contributed by atoms with van der Waals surface area (Å²) in [6.45, 7) is 4.76. The van der Waals surface area contributed by atoms with E-state index in [0.29, 0.717) is 18.4 Å². The molecule has 1 heterocycles. The molecule has 1 aromatic carbocycles. The maximum Gasteiger partial charge on any atom is 0.123 e. The SMILES string of the molecule is CCOc1ccc(C2=NN=C(N)CC2C)cc1. The van der Waals surface area contributed by atoms with Crippen LogP contribution in [0.2, 0.25) is 0 Å². The summed E-state index contributed by atoms with van der Waals surface area (Å²) in [5.41, 5.74) is 7.72. The van der Waals surface area contributed by atoms with Gasteiger partial charge in [-0.25, -0.2) is 0 Å². The Kier molecular flexibility index (Phi) is 3.42. The van der Waals surface area contributed by atoms with Crippen LogP contribution in [-0.4, -0.2) is 18.2 Å². The van der Waals surface area contributed by atoms with Crippen molar-refractivity contribution in [3.63, 3.8) is 0 Å². The van der Waals surface area contributed by atoms with Gasteiger partial charge in [-0.1, -0.05) is 6.92 Å². The van der Waals surface area contributed by atoms with Crippen LogP contribution in [0.1, 0.15) is 25.8 Å². The maximum atomic E-state index is 5.65. The standard InChI is InChI=1S/C13H17N3O/c1-3-17-11-6-4-10(5-7-11)13-9(2)8-12(14)15-16-13/h4-7,9H,3,8H2,1-2H3,(H2,14,15). The number of hydrogen-bond acceptors (Lipinski definition) is 4. The average molecular weight is 231 g/mol. The summed E-state index contributed by atoms with van der Waals surface area (Å²) in [5.74, 6) is 1.79. The molecule has 2 N–H and O–H groups in total. The summed E-state index contributed by atoms with van der Waals surface area (Å²) < 4.78 is 5.40. The molecule has 1 unspecified atom stereocenters. The minimum absolute atomic E-state index is 0.311. The van der Waals surface area contributed by atoms with Gasteiger partial charge in [0, 0.05) is 12.3 Å². The van der Waals surface area contributed by atoms with Gasteiger partial charge in [0.25, 0.3) is 0 Å². The highest BCUT2D eigenvalue weighted by atomic mass is 16.5. The second-order valence-corrected chi connectivity index (χ2v) is 4.14. The van der Waals surface area contributed by atoms with Crippen molar-refractivity contribution in [2.24, 2.45) is 21.9 Å². The lowest BCUT2D eigenvalue weighted by Gasteiger charge is -2.17. The van der Waals surface area contributed by atoms with Crippen LogP contribution in [-0.2, 0) is 0 Å². The summed E-state index contributed by atoms with van der Waals surface area (Å²) >= 11 is 0. The molecule has 1 aliphatic rings. The third kappa shape index (κ3) is 2.64. The number of nitrogens with two attached hydrogens (primary N) is 1. The van der Waals surface area contributed by atoms with Gasteiger partial charge in [0.15, 0.2) is 0 Å². The zero-order valence-corrected chi connectivity index (χ0v) is 10.2. The van der Waals surface area contributed by atoms with Crippen molar-refractivity contribution >= 4 is 11.5 Å². The van der Waals surface area contributed by atoms with E-state index in [-0.39, 0.29) is 0 Å². The second kappa shape index (κ2) is 4.99. The van der Waals surface area contributed by atoms with E-state index in [9.17, 15) is 0 Å². The molecule has 4 heteroatoms. The van der Waals surface area contributed by atoms with Crippen LogP contribution in [0, 0.1) is 5.92 Å². The number of hydrogen-bond donors (Lipinski definition) is 1. The van der Waals surface area contributed by atoms with Gasteiger partial charge in [-0.05, 0) is 36.8 Å². The summed E-state index contributed by atoms with van der Waals surface area (Å²) in [7, 11) is 0. The summed E-state index contributed by atoms with van der Waals surface area (Å²) in [4.78, 5) is 0. The molecule has 1 aliphatic heterocycles. The van der Waals surface area contributed by atoms with Crippen molar-refractivity contribution in [3.8, 4) is 5.75 Å². The van der Waals surface area contributed by atoms with Gasteiger partial charge >= 0.3 is 0 Å². The normalized spacial score (nSPS) is 19.5. The zero-order valence-electron chi connectivity index (χ0n) is 10.2. The highest BCUT2D eigenvalue weighted by molar-refractivity contribution is 6.05. The lowest BCUT2D eigenvalue weighted by Crippen LogP contribution is -2.25. The fourth-order valence-electron chi connectivity index (χ4n) is 1.90. The minimum Gasteiger partial charge on any atom is -0.494 e. The first-order valence-corrected chi connectivity index (χ1v) is 5.83. The first-order valence-electron chi connectivity index (χ1n) is 5.83. The molecule has 0 saturated heterocycles. The Labute approximate surface area is 101 Å².